The molecule has 0 aliphatic carbocycles. The van der Waals surface area contributed by atoms with Crippen molar-refractivity contribution in [3.63, 3.8) is 0 Å². The van der Waals surface area contributed by atoms with Crippen molar-refractivity contribution in [2.45, 2.75) is 13.5 Å². The summed E-state index contributed by atoms with van der Waals surface area (Å²) < 4.78 is 5.37. The van der Waals surface area contributed by atoms with Crippen molar-refractivity contribution in [1.82, 2.24) is 0 Å². The molecular formula is C17H15NO4. The fraction of sp³-hybridized carbons (Fsp3) is 0.176. The van der Waals surface area contributed by atoms with Crippen LogP contribution in [0.5, 0.6) is 5.75 Å². The maximum atomic E-state index is 12.2. The van der Waals surface area contributed by atoms with Gasteiger partial charge in [-0.2, -0.15) is 0 Å². The third kappa shape index (κ3) is 2.53. The predicted molar refractivity (Wildman–Crippen MR) is 81.3 cm³/mol. The van der Waals surface area contributed by atoms with Crippen LogP contribution < -0.4 is 9.64 Å². The number of carboxylic acid groups (broad SMARTS) is 1. The quantitative estimate of drug-likeness (QED) is 0.945. The predicted octanol–water partition coefficient (Wildman–Crippen LogP) is 2.62. The minimum atomic E-state index is -1.02. The average Bonchev–Trinajstić information content (AvgIpc) is 2.51. The number of ether oxygens (including phenoxy) is 1. The molecule has 0 spiro atoms. The van der Waals surface area contributed by atoms with Gasteiger partial charge in [0.15, 0.2) is 6.61 Å². The first kappa shape index (κ1) is 14.1. The van der Waals surface area contributed by atoms with Crippen molar-refractivity contribution in [1.29, 1.82) is 0 Å². The standard InChI is InChI=1S/C17H15NO4/c1-11-4-2-3-5-13(11)9-18-14-7-6-12(17(20)21)8-15(14)22-10-16(18)19/h2-8H,9-10H2,1H3,(H,20,21). The Bertz CT molecular complexity index is 754. The summed E-state index contributed by atoms with van der Waals surface area (Å²) in [6.07, 6.45) is 0. The van der Waals surface area contributed by atoms with Crippen LogP contribution in [-0.4, -0.2) is 23.6 Å². The van der Waals surface area contributed by atoms with E-state index in [4.69, 9.17) is 9.84 Å². The van der Waals surface area contributed by atoms with Crippen LogP contribution >= 0.6 is 0 Å². The van der Waals surface area contributed by atoms with Crippen LogP contribution in [0.4, 0.5) is 5.69 Å². The molecule has 1 heterocycles. The number of carbonyl (C=O) groups is 2. The zero-order valence-electron chi connectivity index (χ0n) is 12.1. The Morgan fingerprint density at radius 2 is 2.05 bits per heavy atom. The van der Waals surface area contributed by atoms with Gasteiger partial charge in [-0.05, 0) is 36.2 Å². The molecule has 0 bridgehead atoms. The topological polar surface area (TPSA) is 66.8 Å². The van der Waals surface area contributed by atoms with Gasteiger partial charge in [-0.25, -0.2) is 4.79 Å². The largest absolute Gasteiger partial charge is 0.482 e. The summed E-state index contributed by atoms with van der Waals surface area (Å²) in [5.74, 6) is -0.735. The van der Waals surface area contributed by atoms with E-state index in [9.17, 15) is 9.59 Å². The Hall–Kier alpha value is -2.82. The highest BCUT2D eigenvalue weighted by atomic mass is 16.5. The van der Waals surface area contributed by atoms with Gasteiger partial charge in [-0.3, -0.25) is 4.79 Å². The normalized spacial score (nSPS) is 13.5. The molecule has 3 rings (SSSR count). The van der Waals surface area contributed by atoms with Crippen LogP contribution in [0, 0.1) is 6.92 Å². The van der Waals surface area contributed by atoms with E-state index in [1.807, 2.05) is 31.2 Å². The number of carboxylic acids is 1. The van der Waals surface area contributed by atoms with Crippen LogP contribution in [0.15, 0.2) is 42.5 Å². The number of rotatable bonds is 3. The highest BCUT2D eigenvalue weighted by Gasteiger charge is 2.26. The van der Waals surface area contributed by atoms with E-state index in [0.717, 1.165) is 11.1 Å². The molecule has 112 valence electrons. The molecule has 0 aromatic heterocycles. The summed E-state index contributed by atoms with van der Waals surface area (Å²) in [6.45, 7) is 2.35. The van der Waals surface area contributed by atoms with Crippen molar-refractivity contribution in [2.24, 2.45) is 0 Å². The molecule has 0 fully saturated rings. The number of amides is 1. The highest BCUT2D eigenvalue weighted by molar-refractivity contribution is 5.99. The van der Waals surface area contributed by atoms with E-state index in [1.165, 1.54) is 12.1 Å². The second kappa shape index (κ2) is 5.52. The molecule has 0 radical (unpaired) electrons. The summed E-state index contributed by atoms with van der Waals surface area (Å²) in [5.41, 5.74) is 2.89. The van der Waals surface area contributed by atoms with E-state index in [-0.39, 0.29) is 18.1 Å². The summed E-state index contributed by atoms with van der Waals surface area (Å²) in [5, 5.41) is 9.04. The van der Waals surface area contributed by atoms with E-state index >= 15 is 0 Å². The second-order valence-corrected chi connectivity index (χ2v) is 5.18. The van der Waals surface area contributed by atoms with Crippen LogP contribution in [0.2, 0.25) is 0 Å². The molecule has 0 saturated heterocycles. The van der Waals surface area contributed by atoms with E-state index in [0.29, 0.717) is 18.0 Å². The van der Waals surface area contributed by atoms with Gasteiger partial charge in [0.05, 0.1) is 17.8 Å². The highest BCUT2D eigenvalue weighted by Crippen LogP contribution is 2.34. The van der Waals surface area contributed by atoms with Gasteiger partial charge in [-0.15, -0.1) is 0 Å². The maximum absolute atomic E-state index is 12.2. The number of hydrogen-bond acceptors (Lipinski definition) is 3. The third-order valence-electron chi connectivity index (χ3n) is 3.74. The summed E-state index contributed by atoms with van der Waals surface area (Å²) in [4.78, 5) is 24.8. The smallest absolute Gasteiger partial charge is 0.335 e. The van der Waals surface area contributed by atoms with Gasteiger partial charge >= 0.3 is 5.97 Å². The summed E-state index contributed by atoms with van der Waals surface area (Å²) in [6, 6.07) is 12.4. The molecule has 0 saturated carbocycles. The zero-order valence-corrected chi connectivity index (χ0v) is 12.1. The number of fused-ring (bicyclic) bond motifs is 1. The SMILES string of the molecule is Cc1ccccc1CN1C(=O)COc2cc(C(=O)O)ccc21. The van der Waals surface area contributed by atoms with Crippen LogP contribution in [0.25, 0.3) is 0 Å². The molecule has 1 amide bonds. The van der Waals surface area contributed by atoms with E-state index in [2.05, 4.69) is 0 Å². The average molecular weight is 297 g/mol. The van der Waals surface area contributed by atoms with Crippen LogP contribution in [0.3, 0.4) is 0 Å². The van der Waals surface area contributed by atoms with Crippen molar-refractivity contribution in [2.75, 3.05) is 11.5 Å². The Morgan fingerprint density at radius 3 is 2.77 bits per heavy atom. The van der Waals surface area contributed by atoms with Gasteiger partial charge in [0.25, 0.3) is 5.91 Å². The molecular weight excluding hydrogens is 282 g/mol. The monoisotopic (exact) mass is 297 g/mol. The molecule has 0 unspecified atom stereocenters. The number of carbonyl (C=O) groups excluding carboxylic acids is 1. The molecule has 1 N–H and O–H groups in total. The fourth-order valence-corrected chi connectivity index (χ4v) is 2.47. The lowest BCUT2D eigenvalue weighted by atomic mass is 10.1. The number of hydrogen-bond donors (Lipinski definition) is 1. The van der Waals surface area contributed by atoms with Gasteiger partial charge < -0.3 is 14.7 Å². The molecule has 5 nitrogen and oxygen atoms in total. The molecule has 5 heteroatoms. The maximum Gasteiger partial charge on any atom is 0.335 e. The lowest BCUT2D eigenvalue weighted by molar-refractivity contribution is -0.121. The summed E-state index contributed by atoms with van der Waals surface area (Å²) >= 11 is 0. The fourth-order valence-electron chi connectivity index (χ4n) is 2.47. The Labute approximate surface area is 127 Å². The summed E-state index contributed by atoms with van der Waals surface area (Å²) in [7, 11) is 0. The molecule has 22 heavy (non-hydrogen) atoms. The first-order valence-corrected chi connectivity index (χ1v) is 6.91. The Kier molecular flexibility index (Phi) is 3.55. The van der Waals surface area contributed by atoms with Gasteiger partial charge in [0.2, 0.25) is 0 Å². The van der Waals surface area contributed by atoms with E-state index < -0.39 is 5.97 Å². The van der Waals surface area contributed by atoms with Crippen LogP contribution in [0.1, 0.15) is 21.5 Å². The van der Waals surface area contributed by atoms with Crippen molar-refractivity contribution >= 4 is 17.6 Å². The van der Waals surface area contributed by atoms with Crippen molar-refractivity contribution in [3.05, 3.63) is 59.2 Å². The van der Waals surface area contributed by atoms with Crippen molar-refractivity contribution in [3.8, 4) is 5.75 Å². The van der Waals surface area contributed by atoms with Crippen molar-refractivity contribution < 1.29 is 19.4 Å². The Balaban J connectivity index is 1.97. The van der Waals surface area contributed by atoms with Gasteiger partial charge in [0, 0.05) is 0 Å². The molecule has 1 aliphatic heterocycles. The molecule has 0 atom stereocenters. The van der Waals surface area contributed by atoms with Crippen LogP contribution in [-0.2, 0) is 11.3 Å². The zero-order chi connectivity index (χ0) is 15.7. The van der Waals surface area contributed by atoms with E-state index in [1.54, 1.807) is 11.0 Å². The number of anilines is 1. The lowest BCUT2D eigenvalue weighted by Crippen LogP contribution is -2.38. The Morgan fingerprint density at radius 1 is 1.27 bits per heavy atom. The van der Waals surface area contributed by atoms with Gasteiger partial charge in [0.1, 0.15) is 5.75 Å². The minimum absolute atomic E-state index is 0.0814. The third-order valence-corrected chi connectivity index (χ3v) is 3.74. The molecule has 2 aromatic carbocycles. The molecule has 2 aromatic rings. The molecule has 1 aliphatic rings. The number of aryl methyl sites for hydroxylation is 1. The number of benzene rings is 2. The van der Waals surface area contributed by atoms with Gasteiger partial charge in [-0.1, -0.05) is 24.3 Å². The first-order valence-electron chi connectivity index (χ1n) is 6.91. The lowest BCUT2D eigenvalue weighted by Gasteiger charge is -2.30. The number of nitrogens with zero attached hydrogens (tertiary/aromatic N) is 1. The first-order chi connectivity index (χ1) is 10.6. The number of aromatic carboxylic acids is 1. The second-order valence-electron chi connectivity index (χ2n) is 5.18. The minimum Gasteiger partial charge on any atom is -0.482 e.